The number of carbonyl (C=O) groups is 2. The van der Waals surface area contributed by atoms with Gasteiger partial charge in [0.2, 0.25) is 5.91 Å². The molecule has 3 N–H and O–H groups in total. The normalized spacial score (nSPS) is 18.4. The lowest BCUT2D eigenvalue weighted by Gasteiger charge is -2.34. The molecule has 1 aliphatic rings. The minimum absolute atomic E-state index is 0.0196. The number of benzene rings is 1. The molecule has 0 saturated carbocycles. The van der Waals surface area contributed by atoms with E-state index < -0.39 is 17.8 Å². The summed E-state index contributed by atoms with van der Waals surface area (Å²) in [6.45, 7) is 3.03. The molecule has 2 rings (SSSR count). The summed E-state index contributed by atoms with van der Waals surface area (Å²) in [5, 5.41) is 2.67. The van der Waals surface area contributed by atoms with E-state index in [1.807, 2.05) is 0 Å². The Morgan fingerprint density at radius 1 is 1.52 bits per heavy atom. The molecule has 21 heavy (non-hydrogen) atoms. The number of amides is 2. The molecule has 0 aromatic heterocycles. The summed E-state index contributed by atoms with van der Waals surface area (Å²) < 4.78 is 18.7. The maximum absolute atomic E-state index is 13.5. The van der Waals surface area contributed by atoms with Crippen molar-refractivity contribution in [1.29, 1.82) is 0 Å². The van der Waals surface area contributed by atoms with Crippen molar-refractivity contribution in [3.8, 4) is 0 Å². The Morgan fingerprint density at radius 3 is 2.95 bits per heavy atom. The second-order valence-corrected chi connectivity index (χ2v) is 4.72. The number of hydrogen-bond donors (Lipinski definition) is 2. The minimum atomic E-state index is -0.702. The van der Waals surface area contributed by atoms with Gasteiger partial charge >= 0.3 is 0 Å². The Labute approximate surface area is 122 Å². The lowest BCUT2D eigenvalue weighted by Crippen LogP contribution is -2.55. The highest BCUT2D eigenvalue weighted by Gasteiger charge is 2.33. The molecular formula is C14H18FN3O3. The van der Waals surface area contributed by atoms with Crippen LogP contribution in [0.25, 0.3) is 0 Å². The lowest BCUT2D eigenvalue weighted by atomic mass is 10.1. The third-order valence-corrected chi connectivity index (χ3v) is 3.29. The number of carbonyl (C=O) groups excluding carboxylic acids is 2. The van der Waals surface area contributed by atoms with Crippen LogP contribution in [0, 0.1) is 5.82 Å². The van der Waals surface area contributed by atoms with Gasteiger partial charge in [-0.3, -0.25) is 9.59 Å². The van der Waals surface area contributed by atoms with Crippen molar-refractivity contribution in [3.63, 3.8) is 0 Å². The number of morpholine rings is 1. The second-order valence-electron chi connectivity index (χ2n) is 4.72. The molecule has 1 unspecified atom stereocenters. The van der Waals surface area contributed by atoms with Gasteiger partial charge in [-0.2, -0.15) is 0 Å². The molecule has 1 aromatic rings. The highest BCUT2D eigenvalue weighted by Crippen LogP contribution is 2.17. The molecule has 2 amide bonds. The second kappa shape index (κ2) is 6.53. The van der Waals surface area contributed by atoms with Crippen molar-refractivity contribution in [2.75, 3.05) is 32.0 Å². The first-order valence-electron chi connectivity index (χ1n) is 6.76. The molecule has 0 bridgehead atoms. The summed E-state index contributed by atoms with van der Waals surface area (Å²) in [5.74, 6) is -1.33. The van der Waals surface area contributed by atoms with Crippen LogP contribution in [-0.4, -0.2) is 49.1 Å². The van der Waals surface area contributed by atoms with Crippen molar-refractivity contribution in [2.24, 2.45) is 0 Å². The van der Waals surface area contributed by atoms with Crippen LogP contribution in [0.5, 0.6) is 0 Å². The number of nitrogen functional groups attached to an aromatic ring is 1. The van der Waals surface area contributed by atoms with Crippen LogP contribution >= 0.6 is 0 Å². The van der Waals surface area contributed by atoms with Gasteiger partial charge in [0.1, 0.15) is 11.9 Å². The van der Waals surface area contributed by atoms with Gasteiger partial charge < -0.3 is 20.7 Å². The molecule has 0 spiro atoms. The third kappa shape index (κ3) is 3.30. The summed E-state index contributed by atoms with van der Waals surface area (Å²) in [6, 6.07) is 3.17. The topological polar surface area (TPSA) is 84.7 Å². The van der Waals surface area contributed by atoms with Gasteiger partial charge in [-0.1, -0.05) is 0 Å². The SMILES string of the molecule is CCNC(=O)C1COCCN1C(=O)c1ccc(N)c(F)c1. The summed E-state index contributed by atoms with van der Waals surface area (Å²) in [4.78, 5) is 25.9. The van der Waals surface area contributed by atoms with Gasteiger partial charge in [0.05, 0.1) is 18.9 Å². The molecule has 0 aliphatic carbocycles. The first-order valence-corrected chi connectivity index (χ1v) is 6.76. The Morgan fingerprint density at radius 2 is 2.29 bits per heavy atom. The molecule has 1 fully saturated rings. The van der Waals surface area contributed by atoms with Crippen LogP contribution in [0.15, 0.2) is 18.2 Å². The molecule has 1 atom stereocenters. The number of likely N-dealkylation sites (N-methyl/N-ethyl adjacent to an activating group) is 1. The molecular weight excluding hydrogens is 277 g/mol. The predicted octanol–water partition coefficient (Wildman–Crippen LogP) is 0.385. The zero-order chi connectivity index (χ0) is 15.4. The summed E-state index contributed by atoms with van der Waals surface area (Å²) in [6.07, 6.45) is 0. The van der Waals surface area contributed by atoms with E-state index in [2.05, 4.69) is 5.32 Å². The Kier molecular flexibility index (Phi) is 4.74. The number of rotatable bonds is 3. The van der Waals surface area contributed by atoms with Gasteiger partial charge in [-0.05, 0) is 25.1 Å². The molecule has 1 aliphatic heterocycles. The molecule has 1 aromatic carbocycles. The minimum Gasteiger partial charge on any atom is -0.396 e. The fraction of sp³-hybridized carbons (Fsp3) is 0.429. The highest BCUT2D eigenvalue weighted by molar-refractivity contribution is 5.98. The summed E-state index contributed by atoms with van der Waals surface area (Å²) in [7, 11) is 0. The number of anilines is 1. The molecule has 1 heterocycles. The summed E-state index contributed by atoms with van der Waals surface area (Å²) >= 11 is 0. The fourth-order valence-corrected chi connectivity index (χ4v) is 2.18. The van der Waals surface area contributed by atoms with E-state index in [9.17, 15) is 14.0 Å². The maximum atomic E-state index is 13.5. The monoisotopic (exact) mass is 295 g/mol. The average molecular weight is 295 g/mol. The van der Waals surface area contributed by atoms with Crippen LogP contribution in [-0.2, 0) is 9.53 Å². The number of nitrogens with zero attached hydrogens (tertiary/aromatic N) is 1. The molecule has 7 heteroatoms. The van der Waals surface area contributed by atoms with Gasteiger partial charge in [-0.15, -0.1) is 0 Å². The molecule has 6 nitrogen and oxygen atoms in total. The maximum Gasteiger partial charge on any atom is 0.254 e. The van der Waals surface area contributed by atoms with Crippen LogP contribution in [0.3, 0.4) is 0 Å². The van der Waals surface area contributed by atoms with E-state index in [1.165, 1.54) is 17.0 Å². The van der Waals surface area contributed by atoms with E-state index in [1.54, 1.807) is 6.92 Å². The Bertz CT molecular complexity index is 550. The molecule has 114 valence electrons. The molecule has 1 saturated heterocycles. The smallest absolute Gasteiger partial charge is 0.254 e. The number of ether oxygens (including phenoxy) is 1. The lowest BCUT2D eigenvalue weighted by molar-refractivity contribution is -0.130. The number of hydrogen-bond acceptors (Lipinski definition) is 4. The first kappa shape index (κ1) is 15.2. The van der Waals surface area contributed by atoms with Crippen molar-refractivity contribution >= 4 is 17.5 Å². The fourth-order valence-electron chi connectivity index (χ4n) is 2.18. The van der Waals surface area contributed by atoms with Crippen molar-refractivity contribution in [1.82, 2.24) is 10.2 Å². The van der Waals surface area contributed by atoms with Gasteiger partial charge in [0.15, 0.2) is 0 Å². The number of nitrogens with one attached hydrogen (secondary N) is 1. The number of nitrogens with two attached hydrogens (primary N) is 1. The van der Waals surface area contributed by atoms with E-state index in [0.717, 1.165) is 6.07 Å². The number of halogens is 1. The van der Waals surface area contributed by atoms with E-state index >= 15 is 0 Å². The third-order valence-electron chi connectivity index (χ3n) is 3.29. The van der Waals surface area contributed by atoms with Crippen molar-refractivity contribution in [3.05, 3.63) is 29.6 Å². The Hall–Kier alpha value is -2.15. The molecule has 0 radical (unpaired) electrons. The first-order chi connectivity index (χ1) is 10.0. The van der Waals surface area contributed by atoms with E-state index in [4.69, 9.17) is 10.5 Å². The summed E-state index contributed by atoms with van der Waals surface area (Å²) in [5.41, 5.74) is 5.54. The van der Waals surface area contributed by atoms with Crippen LogP contribution in [0.1, 0.15) is 17.3 Å². The van der Waals surface area contributed by atoms with Crippen molar-refractivity contribution in [2.45, 2.75) is 13.0 Å². The van der Waals surface area contributed by atoms with Crippen LogP contribution < -0.4 is 11.1 Å². The largest absolute Gasteiger partial charge is 0.396 e. The average Bonchev–Trinajstić information content (AvgIpc) is 2.49. The van der Waals surface area contributed by atoms with E-state index in [-0.39, 0.29) is 30.3 Å². The quantitative estimate of drug-likeness (QED) is 0.790. The standard InChI is InChI=1S/C14H18FN3O3/c1-2-17-13(19)12-8-21-6-5-18(12)14(20)9-3-4-11(16)10(15)7-9/h3-4,7,12H,2,5-6,8,16H2,1H3,(H,17,19). The van der Waals surface area contributed by atoms with Crippen LogP contribution in [0.2, 0.25) is 0 Å². The van der Waals surface area contributed by atoms with Crippen molar-refractivity contribution < 1.29 is 18.7 Å². The highest BCUT2D eigenvalue weighted by atomic mass is 19.1. The van der Waals surface area contributed by atoms with E-state index in [0.29, 0.717) is 13.2 Å². The van der Waals surface area contributed by atoms with Gasteiger partial charge in [0, 0.05) is 18.7 Å². The Balaban J connectivity index is 2.21. The van der Waals surface area contributed by atoms with Gasteiger partial charge in [-0.25, -0.2) is 4.39 Å². The zero-order valence-corrected chi connectivity index (χ0v) is 11.8. The predicted molar refractivity (Wildman–Crippen MR) is 75.1 cm³/mol. The zero-order valence-electron chi connectivity index (χ0n) is 11.8. The van der Waals surface area contributed by atoms with Crippen LogP contribution in [0.4, 0.5) is 10.1 Å². The van der Waals surface area contributed by atoms with Gasteiger partial charge in [0.25, 0.3) is 5.91 Å².